The molecule has 5 heteroatoms. The maximum absolute atomic E-state index is 13.1. The van der Waals surface area contributed by atoms with Gasteiger partial charge < -0.3 is 5.11 Å². The van der Waals surface area contributed by atoms with Crippen molar-refractivity contribution in [2.45, 2.75) is 0 Å². The Morgan fingerprint density at radius 3 is 2.25 bits per heavy atom. The third kappa shape index (κ3) is 2.26. The molecule has 2 aliphatic rings. The second-order valence-corrected chi connectivity index (χ2v) is 7.43. The van der Waals surface area contributed by atoms with Crippen molar-refractivity contribution in [3.05, 3.63) is 113 Å². The molecule has 0 spiro atoms. The minimum atomic E-state index is -0.527. The molecule has 0 saturated carbocycles. The van der Waals surface area contributed by atoms with Gasteiger partial charge in [0.1, 0.15) is 5.76 Å². The number of hydrogen-bond acceptors (Lipinski definition) is 4. The summed E-state index contributed by atoms with van der Waals surface area (Å²) >= 11 is 3.47. The van der Waals surface area contributed by atoms with Crippen molar-refractivity contribution < 1.29 is 5.11 Å². The Morgan fingerprint density at radius 2 is 1.50 bits per heavy atom. The fourth-order valence-electron chi connectivity index (χ4n) is 3.79. The standard InChI is InChI=1S/C23H12BrNO3/c24-15-10-11-16-19-17(13-8-4-5-9-14(13)22(27)18(15)19)20(23(28)25-16)21(26)12-6-2-1-3-7-12/h1-11,26H. The molecule has 0 amide bonds. The molecule has 28 heavy (non-hydrogen) atoms. The van der Waals surface area contributed by atoms with E-state index in [1.807, 2.05) is 12.1 Å². The molecule has 0 radical (unpaired) electrons. The van der Waals surface area contributed by atoms with Crippen molar-refractivity contribution in [1.29, 1.82) is 0 Å². The van der Waals surface area contributed by atoms with Gasteiger partial charge in [0.05, 0.1) is 10.7 Å². The molecular formula is C23H12BrNO3. The van der Waals surface area contributed by atoms with Crippen LogP contribution in [-0.4, -0.2) is 10.1 Å². The van der Waals surface area contributed by atoms with Gasteiger partial charge in [0.2, 0.25) is 0 Å². The van der Waals surface area contributed by atoms with Crippen LogP contribution in [0.15, 0.2) is 80.8 Å². The van der Waals surface area contributed by atoms with Crippen LogP contribution >= 0.6 is 15.9 Å². The van der Waals surface area contributed by atoms with Crippen LogP contribution in [0.5, 0.6) is 0 Å². The summed E-state index contributed by atoms with van der Waals surface area (Å²) < 4.78 is 0.631. The summed E-state index contributed by atoms with van der Waals surface area (Å²) in [5.74, 6) is -0.148. The normalized spacial score (nSPS) is 12.8. The van der Waals surface area contributed by atoms with Crippen molar-refractivity contribution in [3.63, 3.8) is 0 Å². The lowest BCUT2D eigenvalue weighted by Crippen LogP contribution is -2.32. The van der Waals surface area contributed by atoms with Crippen molar-refractivity contribution in [3.8, 4) is 0 Å². The monoisotopic (exact) mass is 429 g/mol. The molecule has 3 aromatic rings. The van der Waals surface area contributed by atoms with Crippen molar-refractivity contribution in [2.75, 3.05) is 0 Å². The first-order valence-electron chi connectivity index (χ1n) is 8.67. The summed E-state index contributed by atoms with van der Waals surface area (Å²) in [6.07, 6.45) is 0. The van der Waals surface area contributed by atoms with E-state index in [1.165, 1.54) is 0 Å². The van der Waals surface area contributed by atoms with E-state index in [1.54, 1.807) is 54.6 Å². The number of halogens is 1. The molecule has 0 bridgehead atoms. The van der Waals surface area contributed by atoms with Crippen LogP contribution in [0.25, 0.3) is 27.4 Å². The van der Waals surface area contributed by atoms with E-state index in [-0.39, 0.29) is 16.4 Å². The first kappa shape index (κ1) is 16.8. The molecule has 1 aliphatic heterocycles. The average molecular weight is 430 g/mol. The molecule has 134 valence electrons. The average Bonchev–Trinajstić information content (AvgIpc) is 2.72. The van der Waals surface area contributed by atoms with Gasteiger partial charge in [-0.05, 0) is 17.5 Å². The minimum absolute atomic E-state index is 0.109. The van der Waals surface area contributed by atoms with Crippen LogP contribution < -0.4 is 16.2 Å². The van der Waals surface area contributed by atoms with Gasteiger partial charge >= 0.3 is 0 Å². The fraction of sp³-hybridized carbons (Fsp3) is 0. The maximum Gasteiger partial charge on any atom is 0.281 e. The Labute approximate surface area is 166 Å². The summed E-state index contributed by atoms with van der Waals surface area (Å²) in [4.78, 5) is 30.3. The summed E-state index contributed by atoms with van der Waals surface area (Å²) in [6, 6.07) is 19.4. The molecule has 0 unspecified atom stereocenters. The largest absolute Gasteiger partial charge is 0.506 e. The highest BCUT2D eigenvalue weighted by atomic mass is 79.9. The van der Waals surface area contributed by atoms with E-state index in [2.05, 4.69) is 20.9 Å². The zero-order chi connectivity index (χ0) is 19.4. The number of nitrogens with zero attached hydrogens (tertiary/aromatic N) is 1. The second kappa shape index (κ2) is 6.11. The SMILES string of the molecule is O=c1nc2ccc(Br)c3c2=c(c1=C(O)c1ccccc1)c1ccccc1c3=O. The van der Waals surface area contributed by atoms with Crippen LogP contribution in [0.2, 0.25) is 0 Å². The summed E-state index contributed by atoms with van der Waals surface area (Å²) in [5.41, 5.74) is 0.293. The number of aliphatic hydroxyl groups is 1. The third-order valence-electron chi connectivity index (χ3n) is 5.02. The van der Waals surface area contributed by atoms with Crippen molar-refractivity contribution in [2.24, 2.45) is 0 Å². The van der Waals surface area contributed by atoms with Gasteiger partial charge in [0, 0.05) is 31.2 Å². The van der Waals surface area contributed by atoms with E-state index in [0.717, 1.165) is 0 Å². The molecule has 5 rings (SSSR count). The maximum atomic E-state index is 13.1. The van der Waals surface area contributed by atoms with Crippen LogP contribution in [0.3, 0.4) is 0 Å². The Morgan fingerprint density at radius 1 is 0.821 bits per heavy atom. The molecule has 0 fully saturated rings. The number of aliphatic hydroxyl groups excluding tert-OH is 1. The molecule has 0 aromatic heterocycles. The molecule has 1 N–H and O–H groups in total. The first-order chi connectivity index (χ1) is 13.6. The van der Waals surface area contributed by atoms with Crippen molar-refractivity contribution >= 4 is 43.4 Å². The Balaban J connectivity index is 2.28. The van der Waals surface area contributed by atoms with E-state index >= 15 is 0 Å². The van der Waals surface area contributed by atoms with Crippen LogP contribution in [-0.2, 0) is 0 Å². The lowest BCUT2D eigenvalue weighted by molar-refractivity contribution is 0.506. The number of rotatable bonds is 1. The smallest absolute Gasteiger partial charge is 0.281 e. The topological polar surface area (TPSA) is 67.3 Å². The van der Waals surface area contributed by atoms with Gasteiger partial charge in [0.15, 0.2) is 5.43 Å². The van der Waals surface area contributed by atoms with Crippen molar-refractivity contribution in [1.82, 2.24) is 4.98 Å². The lowest BCUT2D eigenvalue weighted by Gasteiger charge is -2.08. The molecule has 0 atom stereocenters. The van der Waals surface area contributed by atoms with Crippen LogP contribution in [0.4, 0.5) is 0 Å². The summed E-state index contributed by atoms with van der Waals surface area (Å²) in [6.45, 7) is 0. The molecule has 1 heterocycles. The third-order valence-corrected chi connectivity index (χ3v) is 5.68. The highest BCUT2D eigenvalue weighted by Gasteiger charge is 2.16. The molecule has 1 aliphatic carbocycles. The predicted molar refractivity (Wildman–Crippen MR) is 113 cm³/mol. The lowest BCUT2D eigenvalue weighted by atomic mass is 9.98. The first-order valence-corrected chi connectivity index (χ1v) is 9.46. The molecular weight excluding hydrogens is 418 g/mol. The van der Waals surface area contributed by atoms with Gasteiger partial charge in [-0.15, -0.1) is 0 Å². The number of aromatic nitrogens is 1. The van der Waals surface area contributed by atoms with Crippen LogP contribution in [0.1, 0.15) is 5.56 Å². The molecule has 4 nitrogen and oxygen atoms in total. The Kier molecular flexibility index (Phi) is 3.67. The Bertz CT molecular complexity index is 1610. The number of benzene rings is 3. The van der Waals surface area contributed by atoms with E-state index in [4.69, 9.17) is 0 Å². The van der Waals surface area contributed by atoms with Gasteiger partial charge in [-0.1, -0.05) is 70.5 Å². The highest BCUT2D eigenvalue weighted by Crippen LogP contribution is 2.24. The number of hydrogen-bond donors (Lipinski definition) is 1. The van der Waals surface area contributed by atoms with E-state index in [9.17, 15) is 14.7 Å². The second-order valence-electron chi connectivity index (χ2n) is 6.57. The van der Waals surface area contributed by atoms with E-state index < -0.39 is 5.56 Å². The molecule has 3 aromatic carbocycles. The summed E-state index contributed by atoms with van der Waals surface area (Å²) in [7, 11) is 0. The van der Waals surface area contributed by atoms with Gasteiger partial charge in [-0.3, -0.25) is 9.59 Å². The van der Waals surface area contributed by atoms with Gasteiger partial charge in [-0.25, -0.2) is 4.98 Å². The minimum Gasteiger partial charge on any atom is -0.506 e. The fourth-order valence-corrected chi connectivity index (χ4v) is 4.31. The number of fused-ring (bicyclic) bond motifs is 2. The Hall–Kier alpha value is -3.31. The highest BCUT2D eigenvalue weighted by molar-refractivity contribution is 9.10. The summed E-state index contributed by atoms with van der Waals surface area (Å²) in [5, 5.41) is 13.8. The van der Waals surface area contributed by atoms with Gasteiger partial charge in [-0.2, -0.15) is 0 Å². The van der Waals surface area contributed by atoms with Crippen LogP contribution in [0, 0.1) is 10.4 Å². The predicted octanol–water partition coefficient (Wildman–Crippen LogP) is 3.47. The van der Waals surface area contributed by atoms with Gasteiger partial charge in [0.25, 0.3) is 5.56 Å². The zero-order valence-electron chi connectivity index (χ0n) is 14.4. The quantitative estimate of drug-likeness (QED) is 0.443. The van der Waals surface area contributed by atoms with E-state index in [0.29, 0.717) is 42.1 Å². The zero-order valence-corrected chi connectivity index (χ0v) is 16.0. The molecule has 0 saturated heterocycles.